The van der Waals surface area contributed by atoms with Crippen molar-refractivity contribution in [2.45, 2.75) is 20.3 Å². The van der Waals surface area contributed by atoms with Crippen LogP contribution in [0.4, 0.5) is 0 Å². The molecule has 4 nitrogen and oxygen atoms in total. The standard InChI is InChI=1S/C11H12ClN3OS/c1-7-9(17-6-13-7)3-4-16-11-5-10(12)14-8(2)15-11/h5-6H,3-4H2,1-2H3. The van der Waals surface area contributed by atoms with E-state index >= 15 is 0 Å². The molecule has 0 unspecified atom stereocenters. The number of rotatable bonds is 4. The van der Waals surface area contributed by atoms with Crippen LogP contribution in [0.15, 0.2) is 11.6 Å². The van der Waals surface area contributed by atoms with Crippen molar-refractivity contribution in [1.82, 2.24) is 15.0 Å². The number of thiazole rings is 1. The van der Waals surface area contributed by atoms with Gasteiger partial charge in [-0.25, -0.2) is 9.97 Å². The largest absolute Gasteiger partial charge is 0.477 e. The summed E-state index contributed by atoms with van der Waals surface area (Å²) in [6.45, 7) is 4.35. The normalized spacial score (nSPS) is 10.5. The first-order chi connectivity index (χ1) is 8.15. The predicted molar refractivity (Wildman–Crippen MR) is 67.8 cm³/mol. The molecule has 6 heteroatoms. The summed E-state index contributed by atoms with van der Waals surface area (Å²) in [4.78, 5) is 13.5. The molecule has 17 heavy (non-hydrogen) atoms. The van der Waals surface area contributed by atoms with Gasteiger partial charge in [0.25, 0.3) is 0 Å². The van der Waals surface area contributed by atoms with Crippen LogP contribution in [0.5, 0.6) is 5.88 Å². The number of hydrogen-bond acceptors (Lipinski definition) is 5. The molecular formula is C11H12ClN3OS. The van der Waals surface area contributed by atoms with Gasteiger partial charge in [0.2, 0.25) is 5.88 Å². The minimum atomic E-state index is 0.404. The lowest BCUT2D eigenvalue weighted by molar-refractivity contribution is 0.309. The summed E-state index contributed by atoms with van der Waals surface area (Å²) >= 11 is 7.46. The first kappa shape index (κ1) is 12.3. The first-order valence-corrected chi connectivity index (χ1v) is 6.44. The van der Waals surface area contributed by atoms with Gasteiger partial charge in [0, 0.05) is 17.4 Å². The number of hydrogen-bond donors (Lipinski definition) is 0. The van der Waals surface area contributed by atoms with Crippen LogP contribution in [-0.4, -0.2) is 21.6 Å². The highest BCUT2D eigenvalue weighted by molar-refractivity contribution is 7.09. The number of nitrogens with zero attached hydrogens (tertiary/aromatic N) is 3. The molecule has 0 fully saturated rings. The van der Waals surface area contributed by atoms with E-state index in [2.05, 4.69) is 15.0 Å². The Bertz CT molecular complexity index is 495. The van der Waals surface area contributed by atoms with Crippen molar-refractivity contribution in [2.24, 2.45) is 0 Å². The topological polar surface area (TPSA) is 47.9 Å². The van der Waals surface area contributed by atoms with E-state index in [-0.39, 0.29) is 0 Å². The SMILES string of the molecule is Cc1nc(Cl)cc(OCCc2scnc2C)n1. The fourth-order valence-corrected chi connectivity index (χ4v) is 2.37. The van der Waals surface area contributed by atoms with Gasteiger partial charge in [-0.05, 0) is 13.8 Å². The molecule has 0 radical (unpaired) electrons. The van der Waals surface area contributed by atoms with Crippen LogP contribution in [0.1, 0.15) is 16.4 Å². The second-order valence-electron chi connectivity index (χ2n) is 3.54. The van der Waals surface area contributed by atoms with E-state index in [4.69, 9.17) is 16.3 Å². The van der Waals surface area contributed by atoms with Crippen LogP contribution in [0.25, 0.3) is 0 Å². The predicted octanol–water partition coefficient (Wildman–Crippen LogP) is 2.82. The average Bonchev–Trinajstić information content (AvgIpc) is 2.63. The summed E-state index contributed by atoms with van der Waals surface area (Å²) in [6, 6.07) is 1.62. The highest BCUT2D eigenvalue weighted by Gasteiger charge is 2.04. The van der Waals surface area contributed by atoms with Gasteiger partial charge in [0.15, 0.2) is 0 Å². The molecule has 2 rings (SSSR count). The van der Waals surface area contributed by atoms with Gasteiger partial charge >= 0.3 is 0 Å². The number of aromatic nitrogens is 3. The first-order valence-electron chi connectivity index (χ1n) is 5.18. The molecule has 0 bridgehead atoms. The van der Waals surface area contributed by atoms with Gasteiger partial charge in [-0.15, -0.1) is 11.3 Å². The van der Waals surface area contributed by atoms with Gasteiger partial charge in [-0.1, -0.05) is 11.6 Å². The molecule has 0 aliphatic rings. The molecule has 2 aromatic rings. The van der Waals surface area contributed by atoms with E-state index in [1.807, 2.05) is 12.4 Å². The molecule has 0 atom stereocenters. The van der Waals surface area contributed by atoms with Gasteiger partial charge in [0.1, 0.15) is 11.0 Å². The smallest absolute Gasteiger partial charge is 0.218 e. The Morgan fingerprint density at radius 2 is 2.18 bits per heavy atom. The highest BCUT2D eigenvalue weighted by atomic mass is 35.5. The minimum Gasteiger partial charge on any atom is -0.477 e. The highest BCUT2D eigenvalue weighted by Crippen LogP contribution is 2.15. The summed E-state index contributed by atoms with van der Waals surface area (Å²) in [5.41, 5.74) is 2.91. The van der Waals surface area contributed by atoms with E-state index in [9.17, 15) is 0 Å². The van der Waals surface area contributed by atoms with Crippen molar-refractivity contribution in [3.63, 3.8) is 0 Å². The molecule has 0 saturated heterocycles. The third-order valence-electron chi connectivity index (χ3n) is 2.21. The third-order valence-corrected chi connectivity index (χ3v) is 3.40. The van der Waals surface area contributed by atoms with Gasteiger partial charge in [-0.3, -0.25) is 0 Å². The van der Waals surface area contributed by atoms with Crippen molar-refractivity contribution in [3.05, 3.63) is 33.1 Å². The second kappa shape index (κ2) is 5.42. The van der Waals surface area contributed by atoms with Gasteiger partial charge in [0.05, 0.1) is 17.8 Å². The molecule has 0 spiro atoms. The molecule has 0 saturated carbocycles. The summed E-state index contributed by atoms with van der Waals surface area (Å²) in [5, 5.41) is 0.404. The van der Waals surface area contributed by atoms with Crippen molar-refractivity contribution in [1.29, 1.82) is 0 Å². The number of ether oxygens (including phenoxy) is 1. The summed E-state index contributed by atoms with van der Waals surface area (Å²) in [5.74, 6) is 1.13. The third kappa shape index (κ3) is 3.38. The summed E-state index contributed by atoms with van der Waals surface area (Å²) in [6.07, 6.45) is 0.831. The molecule has 0 aliphatic carbocycles. The van der Waals surface area contributed by atoms with Crippen LogP contribution >= 0.6 is 22.9 Å². The minimum absolute atomic E-state index is 0.404. The molecule has 0 aliphatic heterocycles. The van der Waals surface area contributed by atoms with Crippen molar-refractivity contribution in [2.75, 3.05) is 6.61 Å². The zero-order valence-electron chi connectivity index (χ0n) is 9.61. The van der Waals surface area contributed by atoms with Crippen molar-refractivity contribution >= 4 is 22.9 Å². The van der Waals surface area contributed by atoms with Crippen LogP contribution in [0.2, 0.25) is 5.15 Å². The lowest BCUT2D eigenvalue weighted by Crippen LogP contribution is -2.03. The van der Waals surface area contributed by atoms with E-state index in [0.29, 0.717) is 23.5 Å². The fourth-order valence-electron chi connectivity index (χ4n) is 1.39. The Kier molecular flexibility index (Phi) is 3.91. The van der Waals surface area contributed by atoms with Crippen LogP contribution < -0.4 is 4.74 Å². The molecule has 0 aromatic carbocycles. The quantitative estimate of drug-likeness (QED) is 0.801. The van der Waals surface area contributed by atoms with E-state index < -0.39 is 0 Å². The van der Waals surface area contributed by atoms with E-state index in [0.717, 1.165) is 12.1 Å². The zero-order valence-corrected chi connectivity index (χ0v) is 11.2. The monoisotopic (exact) mass is 269 g/mol. The molecule has 0 amide bonds. The molecule has 90 valence electrons. The van der Waals surface area contributed by atoms with Crippen LogP contribution in [-0.2, 0) is 6.42 Å². The lowest BCUT2D eigenvalue weighted by Gasteiger charge is -2.05. The second-order valence-corrected chi connectivity index (χ2v) is 4.86. The summed E-state index contributed by atoms with van der Waals surface area (Å²) in [7, 11) is 0. The maximum atomic E-state index is 5.81. The van der Waals surface area contributed by atoms with Gasteiger partial charge in [-0.2, -0.15) is 4.98 Å². The Labute approximate surface area is 109 Å². The van der Waals surface area contributed by atoms with E-state index in [1.54, 1.807) is 24.3 Å². The lowest BCUT2D eigenvalue weighted by atomic mass is 10.3. The molecule has 2 heterocycles. The van der Waals surface area contributed by atoms with Crippen LogP contribution in [0.3, 0.4) is 0 Å². The fraction of sp³-hybridized carbons (Fsp3) is 0.364. The maximum Gasteiger partial charge on any atom is 0.218 e. The molecule has 2 aromatic heterocycles. The Balaban J connectivity index is 1.92. The maximum absolute atomic E-state index is 5.81. The molecular weight excluding hydrogens is 258 g/mol. The number of halogens is 1. The van der Waals surface area contributed by atoms with Crippen molar-refractivity contribution < 1.29 is 4.74 Å². The van der Waals surface area contributed by atoms with Crippen molar-refractivity contribution in [3.8, 4) is 5.88 Å². The zero-order chi connectivity index (χ0) is 12.3. The molecule has 0 N–H and O–H groups in total. The summed E-state index contributed by atoms with van der Waals surface area (Å²) < 4.78 is 5.54. The van der Waals surface area contributed by atoms with Crippen LogP contribution in [0, 0.1) is 13.8 Å². The van der Waals surface area contributed by atoms with E-state index in [1.165, 1.54) is 4.88 Å². The number of aryl methyl sites for hydroxylation is 2. The Morgan fingerprint density at radius 3 is 2.82 bits per heavy atom. The average molecular weight is 270 g/mol. The Hall–Kier alpha value is -1.20. The Morgan fingerprint density at radius 1 is 1.35 bits per heavy atom. The van der Waals surface area contributed by atoms with Gasteiger partial charge < -0.3 is 4.74 Å².